The number of carbonyl (C=O) groups excluding carboxylic acids is 2. The van der Waals surface area contributed by atoms with Gasteiger partial charge in [0.15, 0.2) is 0 Å². The summed E-state index contributed by atoms with van der Waals surface area (Å²) < 4.78 is 0. The zero-order chi connectivity index (χ0) is 23.7. The van der Waals surface area contributed by atoms with Crippen molar-refractivity contribution in [3.8, 4) is 0 Å². The van der Waals surface area contributed by atoms with E-state index in [1.165, 1.54) is 12.0 Å². The number of halogens is 1. The fourth-order valence-electron chi connectivity index (χ4n) is 5.55. The Morgan fingerprint density at radius 3 is 2.29 bits per heavy atom. The average Bonchev–Trinajstić information content (AvgIpc) is 3.00. The van der Waals surface area contributed by atoms with Gasteiger partial charge in [-0.2, -0.15) is 0 Å². The highest BCUT2D eigenvalue weighted by Crippen LogP contribution is 2.38. The van der Waals surface area contributed by atoms with Crippen LogP contribution in [0, 0.1) is 0 Å². The van der Waals surface area contributed by atoms with Crippen molar-refractivity contribution < 1.29 is 9.59 Å². The molecule has 1 saturated carbocycles. The van der Waals surface area contributed by atoms with E-state index < -0.39 is 0 Å². The first-order valence-corrected chi connectivity index (χ1v) is 12.4. The molecule has 5 rings (SSSR count). The van der Waals surface area contributed by atoms with Crippen LogP contribution in [0.25, 0.3) is 0 Å². The number of nitrogens with zero attached hydrogens (tertiary/aromatic N) is 1. The number of benzene rings is 3. The Morgan fingerprint density at radius 2 is 1.59 bits per heavy atom. The second kappa shape index (κ2) is 9.27. The molecule has 5 heteroatoms. The molecule has 0 atom stereocenters. The van der Waals surface area contributed by atoms with Crippen LogP contribution in [0.3, 0.4) is 0 Å². The van der Waals surface area contributed by atoms with E-state index in [1.807, 2.05) is 59.5 Å². The number of anilines is 1. The molecule has 174 valence electrons. The Morgan fingerprint density at radius 1 is 0.882 bits per heavy atom. The van der Waals surface area contributed by atoms with Gasteiger partial charge in [-0.15, -0.1) is 0 Å². The Balaban J connectivity index is 1.49. The Hall–Kier alpha value is -3.11. The highest BCUT2D eigenvalue weighted by atomic mass is 35.5. The molecule has 0 saturated heterocycles. The predicted molar refractivity (Wildman–Crippen MR) is 136 cm³/mol. The summed E-state index contributed by atoms with van der Waals surface area (Å²) in [5.41, 5.74) is 5.69. The van der Waals surface area contributed by atoms with Crippen LogP contribution in [0.2, 0.25) is 5.02 Å². The van der Waals surface area contributed by atoms with Gasteiger partial charge in [0.1, 0.15) is 0 Å². The van der Waals surface area contributed by atoms with Gasteiger partial charge >= 0.3 is 0 Å². The maximum atomic E-state index is 13.8. The lowest BCUT2D eigenvalue weighted by Gasteiger charge is -2.38. The van der Waals surface area contributed by atoms with Gasteiger partial charge in [0.2, 0.25) is 5.91 Å². The quantitative estimate of drug-likeness (QED) is 0.480. The molecule has 2 aliphatic rings. The van der Waals surface area contributed by atoms with Crippen LogP contribution in [0.4, 0.5) is 5.69 Å². The topological polar surface area (TPSA) is 49.4 Å². The monoisotopic (exact) mass is 472 g/mol. The van der Waals surface area contributed by atoms with Crippen molar-refractivity contribution in [1.82, 2.24) is 5.32 Å². The van der Waals surface area contributed by atoms with E-state index in [9.17, 15) is 9.59 Å². The van der Waals surface area contributed by atoms with Crippen LogP contribution in [0.15, 0.2) is 66.7 Å². The zero-order valence-electron chi connectivity index (χ0n) is 19.4. The highest BCUT2D eigenvalue weighted by Gasteiger charge is 2.35. The fraction of sp³-hybridized carbons (Fsp3) is 0.310. The van der Waals surface area contributed by atoms with Crippen LogP contribution in [0.1, 0.15) is 71.6 Å². The van der Waals surface area contributed by atoms with Crippen LogP contribution in [-0.4, -0.2) is 11.8 Å². The third kappa shape index (κ3) is 4.35. The molecular formula is C29H29ClN2O2. The van der Waals surface area contributed by atoms with Crippen molar-refractivity contribution in [2.24, 2.45) is 0 Å². The van der Waals surface area contributed by atoms with E-state index in [2.05, 4.69) is 17.4 Å². The third-order valence-corrected chi connectivity index (χ3v) is 7.45. The van der Waals surface area contributed by atoms with Crippen LogP contribution in [0.5, 0.6) is 0 Å². The number of rotatable bonds is 3. The van der Waals surface area contributed by atoms with Gasteiger partial charge in [-0.05, 0) is 71.8 Å². The van der Waals surface area contributed by atoms with Crippen molar-refractivity contribution in [3.63, 3.8) is 0 Å². The number of nitrogens with one attached hydrogen (secondary N) is 1. The van der Waals surface area contributed by atoms with Crippen molar-refractivity contribution >= 4 is 29.1 Å². The molecule has 3 aromatic carbocycles. The molecule has 0 radical (unpaired) electrons. The molecule has 0 unspecified atom stereocenters. The maximum Gasteiger partial charge on any atom is 0.258 e. The molecule has 1 aliphatic heterocycles. The Bertz CT molecular complexity index is 1230. The van der Waals surface area contributed by atoms with Gasteiger partial charge in [0, 0.05) is 23.2 Å². The van der Waals surface area contributed by atoms with E-state index in [0.717, 1.165) is 54.5 Å². The van der Waals surface area contributed by atoms with Crippen LogP contribution >= 0.6 is 11.6 Å². The minimum atomic E-state index is -0.337. The second-order valence-corrected chi connectivity index (χ2v) is 9.95. The summed E-state index contributed by atoms with van der Waals surface area (Å²) in [6.07, 6.45) is 5.97. The molecular weight excluding hydrogens is 444 g/mol. The molecule has 1 fully saturated rings. The molecule has 1 aliphatic carbocycles. The number of carbonyl (C=O) groups is 2. The van der Waals surface area contributed by atoms with E-state index in [4.69, 9.17) is 11.6 Å². The molecule has 0 spiro atoms. The molecule has 3 aromatic rings. The van der Waals surface area contributed by atoms with Gasteiger partial charge in [-0.3, -0.25) is 9.59 Å². The molecule has 1 N–H and O–H groups in total. The number of hydrogen-bond donors (Lipinski definition) is 1. The van der Waals surface area contributed by atoms with Crippen molar-refractivity contribution in [3.05, 3.63) is 99.6 Å². The number of hydrogen-bond acceptors (Lipinski definition) is 2. The summed E-state index contributed by atoms with van der Waals surface area (Å²) in [7, 11) is 0. The molecule has 4 nitrogen and oxygen atoms in total. The lowest BCUT2D eigenvalue weighted by Crippen LogP contribution is -2.46. The summed E-state index contributed by atoms with van der Waals surface area (Å²) >= 11 is 6.31. The van der Waals surface area contributed by atoms with Gasteiger partial charge in [0.25, 0.3) is 5.91 Å². The van der Waals surface area contributed by atoms with Crippen molar-refractivity contribution in [1.29, 1.82) is 0 Å². The first-order valence-electron chi connectivity index (χ1n) is 12.0. The SMILES string of the molecule is CC(=O)NC1(c2ccc(C(=O)N3Cc4ccccc4Cc4cc(Cl)ccc43)cc2)CCCCC1. The minimum Gasteiger partial charge on any atom is -0.347 e. The largest absolute Gasteiger partial charge is 0.347 e. The average molecular weight is 473 g/mol. The van der Waals surface area contributed by atoms with Crippen LogP contribution < -0.4 is 10.2 Å². The summed E-state index contributed by atoms with van der Waals surface area (Å²) in [5.74, 6) is -0.0513. The molecule has 34 heavy (non-hydrogen) atoms. The highest BCUT2D eigenvalue weighted by molar-refractivity contribution is 6.30. The predicted octanol–water partition coefficient (Wildman–Crippen LogP) is 6.39. The third-order valence-electron chi connectivity index (χ3n) is 7.21. The summed E-state index contributed by atoms with van der Waals surface area (Å²) in [6.45, 7) is 2.09. The normalized spacial score (nSPS) is 16.7. The molecule has 0 aromatic heterocycles. The van der Waals surface area contributed by atoms with Gasteiger partial charge < -0.3 is 10.2 Å². The minimum absolute atomic E-state index is 0.0134. The Kier molecular flexibility index (Phi) is 6.18. The van der Waals surface area contributed by atoms with Crippen molar-refractivity contribution in [2.75, 3.05) is 4.90 Å². The first-order chi connectivity index (χ1) is 16.4. The molecule has 1 heterocycles. The maximum absolute atomic E-state index is 13.8. The van der Waals surface area contributed by atoms with E-state index in [-0.39, 0.29) is 17.4 Å². The van der Waals surface area contributed by atoms with Gasteiger partial charge in [0.05, 0.1) is 12.1 Å². The molecule has 0 bridgehead atoms. The van der Waals surface area contributed by atoms with Gasteiger partial charge in [-0.1, -0.05) is 67.3 Å². The second-order valence-electron chi connectivity index (χ2n) is 9.51. The van der Waals surface area contributed by atoms with E-state index in [1.54, 1.807) is 6.92 Å². The summed E-state index contributed by atoms with van der Waals surface area (Å²) in [4.78, 5) is 27.6. The lowest BCUT2D eigenvalue weighted by atomic mass is 9.76. The standard InChI is InChI=1S/C29H29ClN2O2/c1-20(33)31-29(15-5-2-6-16-29)25-11-9-21(10-12-25)28(34)32-19-23-8-4-3-7-22(23)17-24-18-26(30)13-14-27(24)32/h3-4,7-14,18H,2,5-6,15-17,19H2,1H3,(H,31,33). The van der Waals surface area contributed by atoms with Crippen molar-refractivity contribution in [2.45, 2.75) is 57.5 Å². The fourth-order valence-corrected chi connectivity index (χ4v) is 5.75. The first kappa shape index (κ1) is 22.7. The zero-order valence-corrected chi connectivity index (χ0v) is 20.2. The number of amides is 2. The number of fused-ring (bicyclic) bond motifs is 2. The van der Waals surface area contributed by atoms with Crippen LogP contribution in [-0.2, 0) is 23.3 Å². The summed E-state index contributed by atoms with van der Waals surface area (Å²) in [6, 6.07) is 21.9. The smallest absolute Gasteiger partial charge is 0.258 e. The van der Waals surface area contributed by atoms with E-state index >= 15 is 0 Å². The molecule has 2 amide bonds. The summed E-state index contributed by atoms with van der Waals surface area (Å²) in [5, 5.41) is 3.89. The lowest BCUT2D eigenvalue weighted by molar-refractivity contribution is -0.121. The van der Waals surface area contributed by atoms with E-state index in [0.29, 0.717) is 17.1 Å². The van der Waals surface area contributed by atoms with Gasteiger partial charge in [-0.25, -0.2) is 0 Å². The Labute approximate surface area is 205 Å².